The van der Waals surface area contributed by atoms with Crippen molar-refractivity contribution in [3.8, 4) is 5.75 Å². The normalized spacial score (nSPS) is 10.9. The van der Waals surface area contributed by atoms with Crippen molar-refractivity contribution in [3.05, 3.63) is 64.9 Å². The quantitative estimate of drug-likeness (QED) is 0.557. The van der Waals surface area contributed by atoms with E-state index in [4.69, 9.17) is 16.3 Å². The average molecular weight is 400 g/mol. The van der Waals surface area contributed by atoms with Gasteiger partial charge in [0.25, 0.3) is 5.91 Å². The Bertz CT molecular complexity index is 841. The smallest absolute Gasteiger partial charge is 0.387 e. The van der Waals surface area contributed by atoms with Crippen LogP contribution in [0.15, 0.2) is 48.5 Å². The number of nitrogens with one attached hydrogen (secondary N) is 1. The lowest BCUT2D eigenvalue weighted by Crippen LogP contribution is -2.20. The molecule has 2 aromatic carbocycles. The number of amides is 1. The Balaban J connectivity index is 1.80. The maximum atomic E-state index is 13.0. The fourth-order valence-corrected chi connectivity index (χ4v) is 2.06. The van der Waals surface area contributed by atoms with E-state index in [9.17, 15) is 22.8 Å². The largest absolute Gasteiger partial charge is 0.452 e. The SMILES string of the molecule is O=C(COC(=O)C=Cc1ccc(OC(F)F)cc1)Nc1ccc(F)c(Cl)c1. The van der Waals surface area contributed by atoms with Gasteiger partial charge in [0.1, 0.15) is 11.6 Å². The van der Waals surface area contributed by atoms with Crippen LogP contribution in [0.3, 0.4) is 0 Å². The highest BCUT2D eigenvalue weighted by Gasteiger charge is 2.08. The molecule has 0 bridgehead atoms. The van der Waals surface area contributed by atoms with Crippen molar-refractivity contribution in [1.82, 2.24) is 0 Å². The molecule has 0 radical (unpaired) electrons. The van der Waals surface area contributed by atoms with Gasteiger partial charge in [-0.3, -0.25) is 4.79 Å². The second-order valence-corrected chi connectivity index (χ2v) is 5.47. The second kappa shape index (κ2) is 9.63. The highest BCUT2D eigenvalue weighted by molar-refractivity contribution is 6.31. The third-order valence-electron chi connectivity index (χ3n) is 3.07. The van der Waals surface area contributed by atoms with Crippen molar-refractivity contribution in [2.75, 3.05) is 11.9 Å². The number of rotatable bonds is 7. The highest BCUT2D eigenvalue weighted by Crippen LogP contribution is 2.19. The van der Waals surface area contributed by atoms with Gasteiger partial charge in [0.15, 0.2) is 6.61 Å². The molecule has 0 heterocycles. The van der Waals surface area contributed by atoms with E-state index in [0.717, 1.165) is 12.1 Å². The number of anilines is 1. The standard InChI is InChI=1S/C18H13ClF3NO4/c19-14-9-12(4-7-15(14)20)23-16(24)10-26-17(25)8-3-11-1-5-13(6-2-11)27-18(21)22/h1-9,18H,10H2,(H,23,24). The number of benzene rings is 2. The van der Waals surface area contributed by atoms with E-state index in [1.807, 2.05) is 0 Å². The predicted molar refractivity (Wildman–Crippen MR) is 93.1 cm³/mol. The van der Waals surface area contributed by atoms with E-state index in [2.05, 4.69) is 10.1 Å². The summed E-state index contributed by atoms with van der Waals surface area (Å²) >= 11 is 5.59. The lowest BCUT2D eigenvalue weighted by Gasteiger charge is -2.06. The number of hydrogen-bond donors (Lipinski definition) is 1. The van der Waals surface area contributed by atoms with Gasteiger partial charge in [-0.15, -0.1) is 0 Å². The van der Waals surface area contributed by atoms with Crippen LogP contribution in [-0.4, -0.2) is 25.1 Å². The van der Waals surface area contributed by atoms with Gasteiger partial charge in [-0.25, -0.2) is 9.18 Å². The molecule has 0 aliphatic carbocycles. The Kier molecular flexibility index (Phi) is 7.25. The fraction of sp³-hybridized carbons (Fsp3) is 0.111. The van der Waals surface area contributed by atoms with Gasteiger partial charge in [0.05, 0.1) is 5.02 Å². The second-order valence-electron chi connectivity index (χ2n) is 5.07. The van der Waals surface area contributed by atoms with Crippen LogP contribution in [0.2, 0.25) is 5.02 Å². The molecule has 2 aromatic rings. The van der Waals surface area contributed by atoms with Gasteiger partial charge in [-0.1, -0.05) is 23.7 Å². The zero-order valence-corrected chi connectivity index (χ0v) is 14.4. The minimum Gasteiger partial charge on any atom is -0.452 e. The maximum absolute atomic E-state index is 13.0. The first kappa shape index (κ1) is 20.3. The molecule has 2 rings (SSSR count). The summed E-state index contributed by atoms with van der Waals surface area (Å²) in [4.78, 5) is 23.3. The van der Waals surface area contributed by atoms with Crippen LogP contribution in [0.25, 0.3) is 6.08 Å². The van der Waals surface area contributed by atoms with Gasteiger partial charge in [0, 0.05) is 11.8 Å². The molecule has 1 amide bonds. The monoisotopic (exact) mass is 399 g/mol. The molecule has 1 N–H and O–H groups in total. The van der Waals surface area contributed by atoms with Crippen LogP contribution >= 0.6 is 11.6 Å². The third kappa shape index (κ3) is 7.02. The number of hydrogen-bond acceptors (Lipinski definition) is 4. The predicted octanol–water partition coefficient (Wildman–Crippen LogP) is 4.28. The number of alkyl halides is 2. The Hall–Kier alpha value is -3.00. The number of ether oxygens (including phenoxy) is 2. The molecule has 0 aliphatic rings. The summed E-state index contributed by atoms with van der Waals surface area (Å²) in [7, 11) is 0. The van der Waals surface area contributed by atoms with Crippen molar-refractivity contribution < 1.29 is 32.2 Å². The summed E-state index contributed by atoms with van der Waals surface area (Å²) < 4.78 is 46.1. The molecule has 0 aliphatic heterocycles. The summed E-state index contributed by atoms with van der Waals surface area (Å²) in [5.74, 6) is -2.05. The first-order chi connectivity index (χ1) is 12.8. The summed E-state index contributed by atoms with van der Waals surface area (Å²) in [6.45, 7) is -3.47. The lowest BCUT2D eigenvalue weighted by molar-refractivity contribution is -0.142. The molecular weight excluding hydrogens is 387 g/mol. The van der Waals surface area contributed by atoms with E-state index in [-0.39, 0.29) is 16.5 Å². The molecule has 0 fully saturated rings. The summed E-state index contributed by atoms with van der Waals surface area (Å²) in [6.07, 6.45) is 2.46. The number of carbonyl (C=O) groups excluding carboxylic acids is 2. The van der Waals surface area contributed by atoms with E-state index in [1.54, 1.807) is 0 Å². The first-order valence-electron chi connectivity index (χ1n) is 7.48. The minimum absolute atomic E-state index is 0.0118. The molecule has 0 aromatic heterocycles. The van der Waals surface area contributed by atoms with Gasteiger partial charge in [-0.2, -0.15) is 8.78 Å². The van der Waals surface area contributed by atoms with E-state index >= 15 is 0 Å². The molecule has 5 nitrogen and oxygen atoms in total. The van der Waals surface area contributed by atoms with Crippen LogP contribution in [0.5, 0.6) is 5.75 Å². The Morgan fingerprint density at radius 1 is 1.15 bits per heavy atom. The number of halogens is 4. The van der Waals surface area contributed by atoms with Crippen LogP contribution in [0, 0.1) is 5.82 Å². The van der Waals surface area contributed by atoms with Gasteiger partial charge in [-0.05, 0) is 42.0 Å². The van der Waals surface area contributed by atoms with Crippen LogP contribution in [-0.2, 0) is 14.3 Å². The molecular formula is C18H13ClF3NO4. The zero-order valence-electron chi connectivity index (χ0n) is 13.6. The Labute approximate surface area is 157 Å². The van der Waals surface area contributed by atoms with Crippen molar-refractivity contribution >= 4 is 35.2 Å². The first-order valence-corrected chi connectivity index (χ1v) is 7.86. The van der Waals surface area contributed by atoms with Crippen molar-refractivity contribution in [2.24, 2.45) is 0 Å². The minimum atomic E-state index is -2.92. The average Bonchev–Trinajstić information content (AvgIpc) is 2.62. The molecule has 0 spiro atoms. The van der Waals surface area contributed by atoms with Crippen LogP contribution in [0.1, 0.15) is 5.56 Å². The lowest BCUT2D eigenvalue weighted by atomic mass is 10.2. The maximum Gasteiger partial charge on any atom is 0.387 e. The Morgan fingerprint density at radius 3 is 2.48 bits per heavy atom. The van der Waals surface area contributed by atoms with E-state index in [0.29, 0.717) is 5.56 Å². The molecule has 0 atom stereocenters. The zero-order chi connectivity index (χ0) is 19.8. The van der Waals surface area contributed by atoms with Crippen molar-refractivity contribution in [2.45, 2.75) is 6.61 Å². The van der Waals surface area contributed by atoms with Gasteiger partial charge < -0.3 is 14.8 Å². The highest BCUT2D eigenvalue weighted by atomic mass is 35.5. The van der Waals surface area contributed by atoms with E-state index in [1.165, 1.54) is 42.5 Å². The molecule has 9 heteroatoms. The number of carbonyl (C=O) groups is 2. The molecule has 142 valence electrons. The molecule has 0 saturated heterocycles. The molecule has 0 unspecified atom stereocenters. The van der Waals surface area contributed by atoms with Crippen molar-refractivity contribution in [1.29, 1.82) is 0 Å². The van der Waals surface area contributed by atoms with Crippen LogP contribution in [0.4, 0.5) is 18.9 Å². The van der Waals surface area contributed by atoms with Crippen LogP contribution < -0.4 is 10.1 Å². The fourth-order valence-electron chi connectivity index (χ4n) is 1.88. The topological polar surface area (TPSA) is 64.6 Å². The van der Waals surface area contributed by atoms with Crippen molar-refractivity contribution in [3.63, 3.8) is 0 Å². The molecule has 27 heavy (non-hydrogen) atoms. The summed E-state index contributed by atoms with van der Waals surface area (Å²) in [5, 5.41) is 2.24. The Morgan fingerprint density at radius 2 is 1.85 bits per heavy atom. The summed E-state index contributed by atoms with van der Waals surface area (Å²) in [6, 6.07) is 9.18. The number of esters is 1. The van der Waals surface area contributed by atoms with Gasteiger partial charge in [0.2, 0.25) is 0 Å². The van der Waals surface area contributed by atoms with E-state index < -0.39 is 30.9 Å². The van der Waals surface area contributed by atoms with Gasteiger partial charge >= 0.3 is 12.6 Å². The molecule has 0 saturated carbocycles. The summed E-state index contributed by atoms with van der Waals surface area (Å²) in [5.41, 5.74) is 0.795. The third-order valence-corrected chi connectivity index (χ3v) is 3.36.